The van der Waals surface area contributed by atoms with E-state index in [2.05, 4.69) is 10.2 Å². The zero-order chi connectivity index (χ0) is 13.1. The van der Waals surface area contributed by atoms with E-state index in [0.717, 1.165) is 30.7 Å². The van der Waals surface area contributed by atoms with Crippen molar-refractivity contribution < 1.29 is 9.53 Å². The molecule has 1 unspecified atom stereocenters. The van der Waals surface area contributed by atoms with E-state index >= 15 is 0 Å². The summed E-state index contributed by atoms with van der Waals surface area (Å²) in [6.07, 6.45) is 4.56. The molecule has 5 heteroatoms. The molecule has 2 N–H and O–H groups in total. The van der Waals surface area contributed by atoms with Crippen molar-refractivity contribution in [3.8, 4) is 0 Å². The zero-order valence-corrected chi connectivity index (χ0v) is 11.1. The minimum absolute atomic E-state index is 0.148. The van der Waals surface area contributed by atoms with Crippen LogP contribution in [-0.4, -0.2) is 23.6 Å². The molecule has 2 aliphatic rings. The van der Waals surface area contributed by atoms with Gasteiger partial charge in [0.2, 0.25) is 0 Å². The second-order valence-corrected chi connectivity index (χ2v) is 5.23. The van der Waals surface area contributed by atoms with Gasteiger partial charge in [-0.15, -0.1) is 0 Å². The lowest BCUT2D eigenvalue weighted by atomic mass is 9.75. The quantitative estimate of drug-likeness (QED) is 0.777. The van der Waals surface area contributed by atoms with Crippen molar-refractivity contribution in [3.63, 3.8) is 0 Å². The topological polar surface area (TPSA) is 77.0 Å². The molecule has 5 nitrogen and oxygen atoms in total. The Bertz CT molecular complexity index is 390. The summed E-state index contributed by atoms with van der Waals surface area (Å²) >= 11 is 0. The minimum atomic E-state index is -0.688. The summed E-state index contributed by atoms with van der Waals surface area (Å²) in [5.41, 5.74) is 7.19. The molecule has 1 amide bonds. The fraction of sp³-hybridized carbons (Fsp3) is 0.769. The Morgan fingerprint density at radius 3 is 2.56 bits per heavy atom. The van der Waals surface area contributed by atoms with Gasteiger partial charge in [0.25, 0.3) is 0 Å². The van der Waals surface area contributed by atoms with Gasteiger partial charge >= 0.3 is 6.09 Å². The predicted octanol–water partition coefficient (Wildman–Crippen LogP) is 2.50. The molecule has 0 saturated heterocycles. The van der Waals surface area contributed by atoms with Crippen molar-refractivity contribution in [3.05, 3.63) is 0 Å². The maximum atomic E-state index is 11.1. The van der Waals surface area contributed by atoms with Crippen LogP contribution in [0.4, 0.5) is 4.79 Å². The van der Waals surface area contributed by atoms with E-state index in [9.17, 15) is 4.79 Å². The van der Waals surface area contributed by atoms with Crippen LogP contribution >= 0.6 is 0 Å². The SMILES string of the molecule is CC1=NN=C(C)[C@@H]2CCCCC[C@@H](OC(N)=O)C12. The molecular weight excluding hydrogens is 230 g/mol. The average Bonchev–Trinajstić information content (AvgIpc) is 2.27. The van der Waals surface area contributed by atoms with E-state index in [1.165, 1.54) is 12.8 Å². The van der Waals surface area contributed by atoms with Gasteiger partial charge in [-0.2, -0.15) is 10.2 Å². The number of primary amides is 1. The molecule has 100 valence electrons. The van der Waals surface area contributed by atoms with Crippen LogP contribution in [0.3, 0.4) is 0 Å². The molecule has 2 rings (SSSR count). The van der Waals surface area contributed by atoms with Gasteiger partial charge in [0.1, 0.15) is 6.10 Å². The first-order chi connectivity index (χ1) is 8.59. The number of nitrogens with zero attached hydrogens (tertiary/aromatic N) is 2. The van der Waals surface area contributed by atoms with Gasteiger partial charge in [-0.25, -0.2) is 4.79 Å². The van der Waals surface area contributed by atoms with E-state index < -0.39 is 6.09 Å². The molecule has 1 aliphatic heterocycles. The minimum Gasteiger partial charge on any atom is -0.446 e. The number of rotatable bonds is 1. The summed E-state index contributed by atoms with van der Waals surface area (Å²) in [7, 11) is 0. The van der Waals surface area contributed by atoms with Crippen LogP contribution in [0.1, 0.15) is 46.0 Å². The van der Waals surface area contributed by atoms with Gasteiger partial charge in [0.15, 0.2) is 0 Å². The van der Waals surface area contributed by atoms with E-state index in [1.807, 2.05) is 13.8 Å². The first-order valence-corrected chi connectivity index (χ1v) is 6.64. The normalized spacial score (nSPS) is 32.4. The standard InChI is InChI=1S/C13H21N3O2/c1-8-10-6-4-3-5-7-11(18-13(14)17)12(10)9(2)16-15-8/h10-12H,3-7H2,1-2H3,(H2,14,17)/t10-,11+,12?/m0/s1. The number of carbonyl (C=O) groups is 1. The van der Waals surface area contributed by atoms with Crippen molar-refractivity contribution in [2.24, 2.45) is 27.8 Å². The highest BCUT2D eigenvalue weighted by Crippen LogP contribution is 2.34. The van der Waals surface area contributed by atoms with Crippen molar-refractivity contribution in [1.82, 2.24) is 0 Å². The highest BCUT2D eigenvalue weighted by atomic mass is 16.6. The van der Waals surface area contributed by atoms with Crippen LogP contribution in [-0.2, 0) is 4.74 Å². The summed E-state index contributed by atoms with van der Waals surface area (Å²) in [6.45, 7) is 3.98. The monoisotopic (exact) mass is 251 g/mol. The molecular formula is C13H21N3O2. The summed E-state index contributed by atoms with van der Waals surface area (Å²) in [6, 6.07) is 0. The van der Waals surface area contributed by atoms with Crippen LogP contribution < -0.4 is 5.73 Å². The van der Waals surface area contributed by atoms with Crippen molar-refractivity contribution in [2.45, 2.75) is 52.1 Å². The van der Waals surface area contributed by atoms with Crippen LogP contribution in [0.5, 0.6) is 0 Å². The number of ether oxygens (including phenoxy) is 1. The van der Waals surface area contributed by atoms with Crippen LogP contribution in [0.25, 0.3) is 0 Å². The van der Waals surface area contributed by atoms with Gasteiger partial charge in [0.05, 0.1) is 0 Å². The molecule has 0 bridgehead atoms. The fourth-order valence-corrected chi connectivity index (χ4v) is 3.11. The van der Waals surface area contributed by atoms with Crippen molar-refractivity contribution in [1.29, 1.82) is 0 Å². The smallest absolute Gasteiger partial charge is 0.404 e. The highest BCUT2D eigenvalue weighted by Gasteiger charge is 2.38. The molecule has 1 aliphatic carbocycles. The summed E-state index contributed by atoms with van der Waals surface area (Å²) in [5, 5.41) is 8.41. The number of nitrogens with two attached hydrogens (primary N) is 1. The zero-order valence-electron chi connectivity index (χ0n) is 11.1. The Balaban J connectivity index is 2.25. The third-order valence-corrected chi connectivity index (χ3v) is 3.99. The molecule has 0 spiro atoms. The second-order valence-electron chi connectivity index (χ2n) is 5.23. The lowest BCUT2D eigenvalue weighted by molar-refractivity contribution is 0.0641. The maximum absolute atomic E-state index is 11.1. The van der Waals surface area contributed by atoms with Crippen LogP contribution in [0.2, 0.25) is 0 Å². The van der Waals surface area contributed by atoms with Crippen LogP contribution in [0, 0.1) is 11.8 Å². The lowest BCUT2D eigenvalue weighted by Crippen LogP contribution is -2.42. The summed E-state index contributed by atoms with van der Waals surface area (Å²) in [4.78, 5) is 11.1. The second kappa shape index (κ2) is 5.50. The predicted molar refractivity (Wildman–Crippen MR) is 70.7 cm³/mol. The highest BCUT2D eigenvalue weighted by molar-refractivity contribution is 5.96. The lowest BCUT2D eigenvalue weighted by Gasteiger charge is -2.36. The molecule has 1 saturated carbocycles. The van der Waals surface area contributed by atoms with E-state index in [4.69, 9.17) is 10.5 Å². The third-order valence-electron chi connectivity index (χ3n) is 3.99. The first kappa shape index (κ1) is 13.1. The Morgan fingerprint density at radius 2 is 1.83 bits per heavy atom. The molecule has 1 heterocycles. The summed E-state index contributed by atoms with van der Waals surface area (Å²) < 4.78 is 5.32. The molecule has 18 heavy (non-hydrogen) atoms. The number of hydrogen-bond donors (Lipinski definition) is 1. The fourth-order valence-electron chi connectivity index (χ4n) is 3.11. The number of hydrogen-bond acceptors (Lipinski definition) is 4. The Hall–Kier alpha value is -1.39. The molecule has 0 aromatic heterocycles. The molecule has 1 fully saturated rings. The third kappa shape index (κ3) is 2.71. The van der Waals surface area contributed by atoms with Crippen LogP contribution in [0.15, 0.2) is 10.2 Å². The van der Waals surface area contributed by atoms with Gasteiger partial charge in [0, 0.05) is 23.3 Å². The maximum Gasteiger partial charge on any atom is 0.404 e. The molecule has 0 aromatic rings. The van der Waals surface area contributed by atoms with Gasteiger partial charge in [-0.1, -0.05) is 12.8 Å². The van der Waals surface area contributed by atoms with Gasteiger partial charge in [-0.05, 0) is 33.1 Å². The number of carbonyl (C=O) groups excluding carboxylic acids is 1. The van der Waals surface area contributed by atoms with Crippen molar-refractivity contribution >= 4 is 17.5 Å². The average molecular weight is 251 g/mol. The van der Waals surface area contributed by atoms with Gasteiger partial charge in [-0.3, -0.25) is 0 Å². The molecule has 3 atom stereocenters. The number of amides is 1. The van der Waals surface area contributed by atoms with E-state index in [0.29, 0.717) is 5.92 Å². The number of fused-ring (bicyclic) bond motifs is 1. The Morgan fingerprint density at radius 1 is 1.17 bits per heavy atom. The van der Waals surface area contributed by atoms with Crippen molar-refractivity contribution in [2.75, 3.05) is 0 Å². The molecule has 0 radical (unpaired) electrons. The van der Waals surface area contributed by atoms with Gasteiger partial charge < -0.3 is 10.5 Å². The Labute approximate surface area is 107 Å². The largest absolute Gasteiger partial charge is 0.446 e. The first-order valence-electron chi connectivity index (χ1n) is 6.64. The Kier molecular flexibility index (Phi) is 3.99. The summed E-state index contributed by atoms with van der Waals surface area (Å²) in [5.74, 6) is 0.488. The molecule has 0 aromatic carbocycles. The van der Waals surface area contributed by atoms with E-state index in [-0.39, 0.29) is 12.0 Å². The van der Waals surface area contributed by atoms with E-state index in [1.54, 1.807) is 0 Å².